The average molecular weight is 379 g/mol. The summed E-state index contributed by atoms with van der Waals surface area (Å²) in [5.74, 6) is 1.05. The quantitative estimate of drug-likeness (QED) is 0.760. The summed E-state index contributed by atoms with van der Waals surface area (Å²) in [5, 5.41) is 3.37. The van der Waals surface area contributed by atoms with E-state index in [4.69, 9.17) is 4.74 Å². The standard InChI is InChI=1S/C20H24F3N3O/c21-20(22,23)15-26-9-7-16(13-26)10-25-12-18-5-1-2-6-19(18)27-14-17-4-3-8-24-11-17/h1-6,8,11,16,25H,7,9-10,12-15H2. The largest absolute Gasteiger partial charge is 0.489 e. The van der Waals surface area contributed by atoms with Gasteiger partial charge >= 0.3 is 6.18 Å². The highest BCUT2D eigenvalue weighted by atomic mass is 19.4. The first-order chi connectivity index (χ1) is 13.0. The predicted octanol–water partition coefficient (Wildman–Crippen LogP) is 3.63. The van der Waals surface area contributed by atoms with Crippen LogP contribution in [0.5, 0.6) is 5.75 Å². The fourth-order valence-electron chi connectivity index (χ4n) is 3.32. The van der Waals surface area contributed by atoms with Crippen LogP contribution in [0.3, 0.4) is 0 Å². The smallest absolute Gasteiger partial charge is 0.401 e. The van der Waals surface area contributed by atoms with Gasteiger partial charge in [-0.25, -0.2) is 0 Å². The highest BCUT2D eigenvalue weighted by molar-refractivity contribution is 5.33. The molecule has 7 heteroatoms. The van der Waals surface area contributed by atoms with Gasteiger partial charge in [-0.2, -0.15) is 13.2 Å². The summed E-state index contributed by atoms with van der Waals surface area (Å²) in [4.78, 5) is 5.56. The molecule has 146 valence electrons. The van der Waals surface area contributed by atoms with Crippen molar-refractivity contribution in [3.8, 4) is 5.75 Å². The molecule has 1 aromatic heterocycles. The third-order valence-electron chi connectivity index (χ3n) is 4.61. The Morgan fingerprint density at radius 2 is 2.04 bits per heavy atom. The van der Waals surface area contributed by atoms with Gasteiger partial charge in [-0.1, -0.05) is 24.3 Å². The van der Waals surface area contributed by atoms with Gasteiger partial charge in [-0.05, 0) is 37.6 Å². The van der Waals surface area contributed by atoms with E-state index in [-0.39, 0.29) is 5.92 Å². The zero-order valence-corrected chi connectivity index (χ0v) is 15.1. The second kappa shape index (κ2) is 9.19. The van der Waals surface area contributed by atoms with Gasteiger partial charge in [0.15, 0.2) is 0 Å². The molecule has 3 rings (SSSR count). The van der Waals surface area contributed by atoms with E-state index in [1.165, 1.54) is 4.90 Å². The van der Waals surface area contributed by atoms with Crippen LogP contribution < -0.4 is 10.1 Å². The summed E-state index contributed by atoms with van der Waals surface area (Å²) in [7, 11) is 0. The van der Waals surface area contributed by atoms with E-state index in [1.807, 2.05) is 36.4 Å². The topological polar surface area (TPSA) is 37.4 Å². The molecule has 2 aromatic rings. The van der Waals surface area contributed by atoms with Crippen molar-refractivity contribution in [2.75, 3.05) is 26.2 Å². The molecule has 0 aliphatic carbocycles. The molecule has 0 saturated carbocycles. The maximum Gasteiger partial charge on any atom is 0.401 e. The molecule has 1 saturated heterocycles. The van der Waals surface area contributed by atoms with Crippen LogP contribution in [-0.2, 0) is 13.2 Å². The van der Waals surface area contributed by atoms with Gasteiger partial charge < -0.3 is 10.1 Å². The van der Waals surface area contributed by atoms with Crippen molar-refractivity contribution in [2.45, 2.75) is 25.7 Å². The van der Waals surface area contributed by atoms with Crippen LogP contribution in [0.2, 0.25) is 0 Å². The molecule has 0 spiro atoms. The lowest BCUT2D eigenvalue weighted by Gasteiger charge is -2.18. The molecule has 0 radical (unpaired) electrons. The summed E-state index contributed by atoms with van der Waals surface area (Å²) < 4.78 is 43.3. The number of nitrogens with zero attached hydrogens (tertiary/aromatic N) is 2. The summed E-state index contributed by atoms with van der Waals surface area (Å²) in [5.41, 5.74) is 2.03. The van der Waals surface area contributed by atoms with Crippen molar-refractivity contribution in [1.29, 1.82) is 0 Å². The molecule has 0 bridgehead atoms. The second-order valence-corrected chi connectivity index (χ2v) is 6.89. The normalized spacial score (nSPS) is 18.0. The third-order valence-corrected chi connectivity index (χ3v) is 4.61. The maximum absolute atomic E-state index is 12.5. The van der Waals surface area contributed by atoms with Crippen LogP contribution in [0.1, 0.15) is 17.5 Å². The molecular formula is C20H24F3N3O. The number of pyridine rings is 1. The van der Waals surface area contributed by atoms with Crippen LogP contribution in [0.25, 0.3) is 0 Å². The molecule has 1 aliphatic rings. The Kier molecular flexibility index (Phi) is 6.68. The van der Waals surface area contributed by atoms with Crippen molar-refractivity contribution in [3.63, 3.8) is 0 Å². The number of likely N-dealkylation sites (tertiary alicyclic amines) is 1. The van der Waals surface area contributed by atoms with Crippen LogP contribution >= 0.6 is 0 Å². The number of alkyl halides is 3. The van der Waals surface area contributed by atoms with E-state index >= 15 is 0 Å². The number of halogens is 3. The van der Waals surface area contributed by atoms with Crippen molar-refractivity contribution in [3.05, 3.63) is 59.9 Å². The first kappa shape index (κ1) is 19.6. The number of nitrogens with one attached hydrogen (secondary N) is 1. The van der Waals surface area contributed by atoms with Crippen molar-refractivity contribution >= 4 is 0 Å². The minimum absolute atomic E-state index is 0.246. The lowest BCUT2D eigenvalue weighted by Crippen LogP contribution is -2.33. The van der Waals surface area contributed by atoms with Crippen molar-refractivity contribution < 1.29 is 17.9 Å². The number of hydrogen-bond donors (Lipinski definition) is 1. The monoisotopic (exact) mass is 379 g/mol. The van der Waals surface area contributed by atoms with Crippen LogP contribution in [-0.4, -0.2) is 42.2 Å². The van der Waals surface area contributed by atoms with E-state index in [0.717, 1.165) is 23.3 Å². The SMILES string of the molecule is FC(F)(F)CN1CCC(CNCc2ccccc2OCc2cccnc2)C1. The van der Waals surface area contributed by atoms with E-state index < -0.39 is 12.7 Å². The highest BCUT2D eigenvalue weighted by Crippen LogP contribution is 2.23. The molecule has 0 amide bonds. The molecule has 1 unspecified atom stereocenters. The Labute approximate surface area is 157 Å². The second-order valence-electron chi connectivity index (χ2n) is 6.89. The van der Waals surface area contributed by atoms with E-state index in [2.05, 4.69) is 10.3 Å². The first-order valence-electron chi connectivity index (χ1n) is 9.09. The van der Waals surface area contributed by atoms with Crippen molar-refractivity contribution in [2.24, 2.45) is 5.92 Å². The summed E-state index contributed by atoms with van der Waals surface area (Å²) in [6, 6.07) is 11.6. The molecule has 2 heterocycles. The summed E-state index contributed by atoms with van der Waals surface area (Å²) in [6.07, 6.45) is 0.170. The van der Waals surface area contributed by atoms with E-state index in [1.54, 1.807) is 12.4 Å². The van der Waals surface area contributed by atoms with Gasteiger partial charge in [-0.15, -0.1) is 0 Å². The molecule has 1 atom stereocenters. The maximum atomic E-state index is 12.5. The Morgan fingerprint density at radius 1 is 1.19 bits per heavy atom. The van der Waals surface area contributed by atoms with Gasteiger partial charge in [0.2, 0.25) is 0 Å². The number of aromatic nitrogens is 1. The zero-order valence-electron chi connectivity index (χ0n) is 15.1. The molecular weight excluding hydrogens is 355 g/mol. The fraction of sp³-hybridized carbons (Fsp3) is 0.450. The molecule has 1 aliphatic heterocycles. The minimum Gasteiger partial charge on any atom is -0.489 e. The molecule has 1 N–H and O–H groups in total. The number of para-hydroxylation sites is 1. The summed E-state index contributed by atoms with van der Waals surface area (Å²) in [6.45, 7) is 1.96. The molecule has 27 heavy (non-hydrogen) atoms. The Hall–Kier alpha value is -2.12. The van der Waals surface area contributed by atoms with E-state index in [9.17, 15) is 13.2 Å². The summed E-state index contributed by atoms with van der Waals surface area (Å²) >= 11 is 0. The van der Waals surface area contributed by atoms with Gasteiger partial charge in [0, 0.05) is 36.6 Å². The van der Waals surface area contributed by atoms with Gasteiger partial charge in [0.1, 0.15) is 12.4 Å². The highest BCUT2D eigenvalue weighted by Gasteiger charge is 2.34. The molecule has 1 fully saturated rings. The minimum atomic E-state index is -4.12. The van der Waals surface area contributed by atoms with Gasteiger partial charge in [0.05, 0.1) is 6.54 Å². The number of ether oxygens (including phenoxy) is 1. The number of rotatable bonds is 8. The molecule has 4 nitrogen and oxygen atoms in total. The third kappa shape index (κ3) is 6.52. The van der Waals surface area contributed by atoms with Gasteiger partial charge in [0.25, 0.3) is 0 Å². The lowest BCUT2D eigenvalue weighted by atomic mass is 10.1. The number of hydrogen-bond acceptors (Lipinski definition) is 4. The Balaban J connectivity index is 1.45. The van der Waals surface area contributed by atoms with Crippen LogP contribution in [0, 0.1) is 5.92 Å². The Bertz CT molecular complexity index is 709. The zero-order chi connectivity index (χ0) is 19.1. The Morgan fingerprint density at radius 3 is 2.81 bits per heavy atom. The number of benzene rings is 1. The predicted molar refractivity (Wildman–Crippen MR) is 97.3 cm³/mol. The van der Waals surface area contributed by atoms with Crippen molar-refractivity contribution in [1.82, 2.24) is 15.2 Å². The molecule has 1 aromatic carbocycles. The van der Waals surface area contributed by atoms with Gasteiger partial charge in [-0.3, -0.25) is 9.88 Å². The first-order valence-corrected chi connectivity index (χ1v) is 9.09. The lowest BCUT2D eigenvalue weighted by molar-refractivity contribution is -0.143. The average Bonchev–Trinajstić information content (AvgIpc) is 3.07. The van der Waals surface area contributed by atoms with Crippen LogP contribution in [0.4, 0.5) is 13.2 Å². The fourth-order valence-corrected chi connectivity index (χ4v) is 3.32. The van der Waals surface area contributed by atoms with Crippen LogP contribution in [0.15, 0.2) is 48.8 Å². The van der Waals surface area contributed by atoms with E-state index in [0.29, 0.717) is 32.8 Å².